The molecule has 21 heavy (non-hydrogen) atoms. The molecule has 1 aliphatic carbocycles. The zero-order chi connectivity index (χ0) is 14.9. The number of hydrogen-bond acceptors (Lipinski definition) is 5. The van der Waals surface area contributed by atoms with Gasteiger partial charge in [-0.05, 0) is 25.3 Å². The third-order valence-corrected chi connectivity index (χ3v) is 5.02. The van der Waals surface area contributed by atoms with Gasteiger partial charge in [0, 0.05) is 12.6 Å². The summed E-state index contributed by atoms with van der Waals surface area (Å²) in [4.78, 5) is 6.90. The second-order valence-electron chi connectivity index (χ2n) is 7.03. The van der Waals surface area contributed by atoms with E-state index in [9.17, 15) is 0 Å². The van der Waals surface area contributed by atoms with Crippen molar-refractivity contribution in [3.8, 4) is 0 Å². The first-order chi connectivity index (χ1) is 10.1. The van der Waals surface area contributed by atoms with Crippen molar-refractivity contribution in [2.24, 2.45) is 5.41 Å². The van der Waals surface area contributed by atoms with Gasteiger partial charge in [-0.3, -0.25) is 10.00 Å². The molecular weight excluding hydrogens is 266 g/mol. The smallest absolute Gasteiger partial charge is 0.170 e. The standard InChI is InChI=1S/C15H27N5O/c1-15(2)6-4-5-12(15)16-9-13-17-14(19-18-13)11-10-21-8-7-20(11)3/h11-12,16H,4-10H2,1-3H3,(H,17,18,19). The van der Waals surface area contributed by atoms with Crippen LogP contribution in [-0.2, 0) is 11.3 Å². The number of morpholine rings is 1. The summed E-state index contributed by atoms with van der Waals surface area (Å²) in [5, 5.41) is 11.1. The van der Waals surface area contributed by atoms with Crippen LogP contribution in [0.3, 0.4) is 0 Å². The van der Waals surface area contributed by atoms with Crippen LogP contribution in [0, 0.1) is 5.41 Å². The molecule has 2 unspecified atom stereocenters. The minimum Gasteiger partial charge on any atom is -0.378 e. The van der Waals surface area contributed by atoms with Crippen LogP contribution >= 0.6 is 0 Å². The Kier molecular flexibility index (Phi) is 4.28. The molecule has 1 saturated carbocycles. The number of rotatable bonds is 4. The molecule has 2 N–H and O–H groups in total. The first-order valence-electron chi connectivity index (χ1n) is 7.99. The number of hydrogen-bond donors (Lipinski definition) is 2. The summed E-state index contributed by atoms with van der Waals surface area (Å²) >= 11 is 0. The van der Waals surface area contributed by atoms with Crippen LogP contribution in [0.15, 0.2) is 0 Å². The van der Waals surface area contributed by atoms with Crippen LogP contribution in [0.1, 0.15) is 50.8 Å². The van der Waals surface area contributed by atoms with Crippen molar-refractivity contribution in [2.75, 3.05) is 26.8 Å². The van der Waals surface area contributed by atoms with Crippen LogP contribution in [0.2, 0.25) is 0 Å². The van der Waals surface area contributed by atoms with Gasteiger partial charge in [-0.15, -0.1) is 0 Å². The Bertz CT molecular complexity index is 472. The monoisotopic (exact) mass is 293 g/mol. The summed E-state index contributed by atoms with van der Waals surface area (Å²) in [6.07, 6.45) is 3.88. The lowest BCUT2D eigenvalue weighted by molar-refractivity contribution is 0.00193. The molecule has 0 radical (unpaired) electrons. The van der Waals surface area contributed by atoms with Gasteiger partial charge < -0.3 is 10.1 Å². The normalized spacial score (nSPS) is 29.9. The lowest BCUT2D eigenvalue weighted by atomic mass is 9.87. The van der Waals surface area contributed by atoms with Crippen molar-refractivity contribution in [2.45, 2.75) is 51.7 Å². The molecule has 1 aliphatic heterocycles. The van der Waals surface area contributed by atoms with E-state index in [0.29, 0.717) is 18.1 Å². The highest BCUT2D eigenvalue weighted by Gasteiger charge is 2.34. The molecule has 6 nitrogen and oxygen atoms in total. The van der Waals surface area contributed by atoms with Crippen LogP contribution in [-0.4, -0.2) is 52.9 Å². The number of ether oxygens (including phenoxy) is 1. The average molecular weight is 293 g/mol. The summed E-state index contributed by atoms with van der Waals surface area (Å²) in [6, 6.07) is 0.749. The van der Waals surface area contributed by atoms with E-state index in [2.05, 4.69) is 46.3 Å². The quantitative estimate of drug-likeness (QED) is 0.880. The average Bonchev–Trinajstić information content (AvgIpc) is 3.03. The van der Waals surface area contributed by atoms with E-state index >= 15 is 0 Å². The highest BCUT2D eigenvalue weighted by Crippen LogP contribution is 2.37. The Morgan fingerprint density at radius 1 is 1.48 bits per heavy atom. The number of aromatic nitrogens is 3. The third kappa shape index (κ3) is 3.27. The van der Waals surface area contributed by atoms with Crippen LogP contribution in [0.5, 0.6) is 0 Å². The Morgan fingerprint density at radius 3 is 3.05 bits per heavy atom. The maximum Gasteiger partial charge on any atom is 0.170 e. The number of nitrogens with zero attached hydrogens (tertiary/aromatic N) is 3. The lowest BCUT2D eigenvalue weighted by Crippen LogP contribution is -2.37. The van der Waals surface area contributed by atoms with Gasteiger partial charge in [-0.2, -0.15) is 5.10 Å². The van der Waals surface area contributed by atoms with Crippen LogP contribution in [0.25, 0.3) is 0 Å². The minimum absolute atomic E-state index is 0.173. The predicted octanol–water partition coefficient (Wildman–Crippen LogP) is 1.48. The van der Waals surface area contributed by atoms with E-state index in [-0.39, 0.29) is 6.04 Å². The van der Waals surface area contributed by atoms with Crippen molar-refractivity contribution < 1.29 is 4.74 Å². The first kappa shape index (κ1) is 14.9. The van der Waals surface area contributed by atoms with Gasteiger partial charge in [0.15, 0.2) is 5.82 Å². The molecule has 118 valence electrons. The SMILES string of the molecule is CN1CCOCC1c1n[nH]c(CNC2CCCC2(C)C)n1. The molecule has 2 aliphatic rings. The fraction of sp³-hybridized carbons (Fsp3) is 0.867. The Balaban J connectivity index is 1.58. The predicted molar refractivity (Wildman–Crippen MR) is 80.8 cm³/mol. The fourth-order valence-electron chi connectivity index (χ4n) is 3.42. The minimum atomic E-state index is 0.173. The molecule has 2 heterocycles. The van der Waals surface area contributed by atoms with Gasteiger partial charge in [0.1, 0.15) is 5.82 Å². The molecule has 2 atom stereocenters. The topological polar surface area (TPSA) is 66.1 Å². The van der Waals surface area contributed by atoms with E-state index in [1.807, 2.05) is 0 Å². The number of aromatic amines is 1. The second-order valence-corrected chi connectivity index (χ2v) is 7.03. The number of nitrogens with one attached hydrogen (secondary N) is 2. The van der Waals surface area contributed by atoms with Gasteiger partial charge in [0.25, 0.3) is 0 Å². The maximum absolute atomic E-state index is 5.53. The van der Waals surface area contributed by atoms with Gasteiger partial charge in [0.05, 0.1) is 25.8 Å². The van der Waals surface area contributed by atoms with E-state index in [1.54, 1.807) is 0 Å². The molecule has 2 fully saturated rings. The molecule has 1 saturated heterocycles. The van der Waals surface area contributed by atoms with Crippen LogP contribution < -0.4 is 5.32 Å². The van der Waals surface area contributed by atoms with Gasteiger partial charge in [0.2, 0.25) is 0 Å². The Hall–Kier alpha value is -0.980. The third-order valence-electron chi connectivity index (χ3n) is 5.02. The number of H-pyrrole nitrogens is 1. The van der Waals surface area contributed by atoms with Gasteiger partial charge in [-0.1, -0.05) is 20.3 Å². The van der Waals surface area contributed by atoms with Gasteiger partial charge in [-0.25, -0.2) is 4.98 Å². The van der Waals surface area contributed by atoms with E-state index in [1.165, 1.54) is 19.3 Å². The molecule has 6 heteroatoms. The fourth-order valence-corrected chi connectivity index (χ4v) is 3.42. The molecule has 1 aromatic rings. The largest absolute Gasteiger partial charge is 0.378 e. The molecule has 0 spiro atoms. The van der Waals surface area contributed by atoms with Crippen LogP contribution in [0.4, 0.5) is 0 Å². The zero-order valence-corrected chi connectivity index (χ0v) is 13.4. The highest BCUT2D eigenvalue weighted by molar-refractivity contribution is 4.99. The molecular formula is C15H27N5O. The zero-order valence-electron chi connectivity index (χ0n) is 13.4. The summed E-state index contributed by atoms with van der Waals surface area (Å²) in [7, 11) is 2.10. The summed E-state index contributed by atoms with van der Waals surface area (Å²) in [5.41, 5.74) is 0.389. The van der Waals surface area contributed by atoms with E-state index < -0.39 is 0 Å². The molecule has 0 bridgehead atoms. The van der Waals surface area contributed by atoms with Crippen molar-refractivity contribution in [3.05, 3.63) is 11.6 Å². The molecule has 0 amide bonds. The summed E-state index contributed by atoms with van der Waals surface area (Å²) < 4.78 is 5.53. The molecule has 0 aromatic carbocycles. The Morgan fingerprint density at radius 2 is 2.33 bits per heavy atom. The first-order valence-corrected chi connectivity index (χ1v) is 7.99. The molecule has 3 rings (SSSR count). The van der Waals surface area contributed by atoms with Crippen molar-refractivity contribution in [1.82, 2.24) is 25.4 Å². The highest BCUT2D eigenvalue weighted by atomic mass is 16.5. The van der Waals surface area contributed by atoms with Crippen molar-refractivity contribution >= 4 is 0 Å². The maximum atomic E-state index is 5.53. The summed E-state index contributed by atoms with van der Waals surface area (Å²) in [6.45, 7) is 7.86. The van der Waals surface area contributed by atoms with E-state index in [0.717, 1.165) is 31.3 Å². The number of likely N-dealkylation sites (N-methyl/N-ethyl adjacent to an activating group) is 1. The van der Waals surface area contributed by atoms with Crippen molar-refractivity contribution in [1.29, 1.82) is 0 Å². The van der Waals surface area contributed by atoms with Crippen molar-refractivity contribution in [3.63, 3.8) is 0 Å². The van der Waals surface area contributed by atoms with Gasteiger partial charge >= 0.3 is 0 Å². The Labute approximate surface area is 126 Å². The lowest BCUT2D eigenvalue weighted by Gasteiger charge is -2.30. The second kappa shape index (κ2) is 6.02. The summed E-state index contributed by atoms with van der Waals surface area (Å²) in [5.74, 6) is 1.77. The molecule has 1 aromatic heterocycles. The van der Waals surface area contributed by atoms with E-state index in [4.69, 9.17) is 4.74 Å².